The molecule has 150 valence electrons. The molecule has 1 atom stereocenters. The lowest BCUT2D eigenvalue weighted by Crippen LogP contribution is -2.34. The first-order chi connectivity index (χ1) is 13.6. The predicted octanol–water partition coefficient (Wildman–Crippen LogP) is 4.24. The van der Waals surface area contributed by atoms with Gasteiger partial charge >= 0.3 is 0 Å². The van der Waals surface area contributed by atoms with Crippen LogP contribution in [0.5, 0.6) is 0 Å². The van der Waals surface area contributed by atoms with Gasteiger partial charge in [0.05, 0.1) is 11.7 Å². The Bertz CT molecular complexity index is 709. The number of rotatable bonds is 8. The first-order valence-electron chi connectivity index (χ1n) is 10.5. The number of carbonyl (C=O) groups excluding carboxylic acids is 1. The summed E-state index contributed by atoms with van der Waals surface area (Å²) in [7, 11) is 4.30. The van der Waals surface area contributed by atoms with E-state index in [9.17, 15) is 4.79 Å². The van der Waals surface area contributed by atoms with E-state index in [-0.39, 0.29) is 5.91 Å². The zero-order valence-electron chi connectivity index (χ0n) is 17.2. The van der Waals surface area contributed by atoms with Crippen molar-refractivity contribution in [2.75, 3.05) is 20.6 Å². The molecule has 0 radical (unpaired) electrons. The Morgan fingerprint density at radius 2 is 1.79 bits per heavy atom. The van der Waals surface area contributed by atoms with Crippen LogP contribution in [0.3, 0.4) is 0 Å². The second kappa shape index (κ2) is 10.4. The van der Waals surface area contributed by atoms with Crippen LogP contribution in [0, 0.1) is 11.8 Å². The Kier molecular flexibility index (Phi) is 7.61. The summed E-state index contributed by atoms with van der Waals surface area (Å²) in [4.78, 5) is 19.1. The molecule has 0 bridgehead atoms. The third-order valence-corrected chi connectivity index (χ3v) is 5.96. The Labute approximate surface area is 169 Å². The summed E-state index contributed by atoms with van der Waals surface area (Å²) in [5.41, 5.74) is 2.40. The van der Waals surface area contributed by atoms with E-state index in [4.69, 9.17) is 0 Å². The second-order valence-electron chi connectivity index (χ2n) is 8.23. The number of pyridine rings is 1. The van der Waals surface area contributed by atoms with E-state index in [0.717, 1.165) is 13.0 Å². The first-order valence-corrected chi connectivity index (χ1v) is 10.5. The van der Waals surface area contributed by atoms with E-state index in [1.54, 1.807) is 0 Å². The summed E-state index contributed by atoms with van der Waals surface area (Å²) in [6.45, 7) is 0.816. The van der Waals surface area contributed by atoms with Crippen LogP contribution in [0.15, 0.2) is 54.7 Å². The zero-order valence-corrected chi connectivity index (χ0v) is 17.2. The fraction of sp³-hybridized carbons (Fsp3) is 0.500. The molecule has 2 aromatic rings. The Morgan fingerprint density at radius 3 is 2.43 bits per heavy atom. The van der Waals surface area contributed by atoms with Crippen LogP contribution < -0.4 is 5.32 Å². The average molecular weight is 380 g/mol. The van der Waals surface area contributed by atoms with Crippen molar-refractivity contribution in [2.45, 2.75) is 44.6 Å². The van der Waals surface area contributed by atoms with Gasteiger partial charge < -0.3 is 10.2 Å². The number of benzene rings is 1. The monoisotopic (exact) mass is 379 g/mol. The standard InChI is InChI=1S/C24H33N3O/c1-27(2)24(22-10-6-7-17-25-22)21-14-11-20(12-15-21)18-26-23(28)16-13-19-8-4-3-5-9-19/h3-10,17,20-21,24H,11-16,18H2,1-2H3,(H,26,28). The molecule has 1 aromatic carbocycles. The number of hydrogen-bond acceptors (Lipinski definition) is 3. The highest BCUT2D eigenvalue weighted by Gasteiger charge is 2.30. The Morgan fingerprint density at radius 1 is 1.07 bits per heavy atom. The molecule has 0 saturated heterocycles. The summed E-state index contributed by atoms with van der Waals surface area (Å²) in [6.07, 6.45) is 8.04. The van der Waals surface area contributed by atoms with Crippen LogP contribution in [-0.2, 0) is 11.2 Å². The number of carbonyl (C=O) groups is 1. The molecule has 1 N–H and O–H groups in total. The number of nitrogens with zero attached hydrogens (tertiary/aromatic N) is 2. The van der Waals surface area contributed by atoms with Gasteiger partial charge in [-0.15, -0.1) is 0 Å². The second-order valence-corrected chi connectivity index (χ2v) is 8.23. The van der Waals surface area contributed by atoms with E-state index >= 15 is 0 Å². The summed E-state index contributed by atoms with van der Waals surface area (Å²) >= 11 is 0. The van der Waals surface area contributed by atoms with Crippen molar-refractivity contribution in [3.63, 3.8) is 0 Å². The van der Waals surface area contributed by atoms with Gasteiger partial charge in [0.1, 0.15) is 0 Å². The van der Waals surface area contributed by atoms with Crippen molar-refractivity contribution in [1.29, 1.82) is 0 Å². The number of amides is 1. The van der Waals surface area contributed by atoms with Crippen molar-refractivity contribution >= 4 is 5.91 Å². The molecular weight excluding hydrogens is 346 g/mol. The fourth-order valence-corrected chi connectivity index (χ4v) is 4.44. The summed E-state index contributed by atoms with van der Waals surface area (Å²) < 4.78 is 0. The van der Waals surface area contributed by atoms with Gasteiger partial charge in [0, 0.05) is 19.2 Å². The van der Waals surface area contributed by atoms with Crippen molar-refractivity contribution in [3.05, 3.63) is 66.0 Å². The van der Waals surface area contributed by atoms with Gasteiger partial charge in [0.15, 0.2) is 0 Å². The van der Waals surface area contributed by atoms with Crippen molar-refractivity contribution in [1.82, 2.24) is 15.2 Å². The van der Waals surface area contributed by atoms with E-state index < -0.39 is 0 Å². The molecule has 4 heteroatoms. The molecule has 1 aliphatic rings. The zero-order chi connectivity index (χ0) is 19.8. The number of aryl methyl sites for hydroxylation is 1. The first kappa shape index (κ1) is 20.5. The topological polar surface area (TPSA) is 45.2 Å². The van der Waals surface area contributed by atoms with Gasteiger partial charge in [-0.05, 0) is 75.7 Å². The van der Waals surface area contributed by atoms with Gasteiger partial charge in [-0.1, -0.05) is 36.4 Å². The highest BCUT2D eigenvalue weighted by atomic mass is 16.1. The number of nitrogens with one attached hydrogen (secondary N) is 1. The van der Waals surface area contributed by atoms with E-state index in [0.29, 0.717) is 24.3 Å². The lowest BCUT2D eigenvalue weighted by molar-refractivity contribution is -0.121. The molecule has 1 aromatic heterocycles. The Hall–Kier alpha value is -2.20. The molecular formula is C24H33N3O. The molecule has 1 saturated carbocycles. The minimum absolute atomic E-state index is 0.172. The predicted molar refractivity (Wildman–Crippen MR) is 114 cm³/mol. The molecule has 1 aliphatic carbocycles. The van der Waals surface area contributed by atoms with Crippen LogP contribution in [0.1, 0.15) is 49.4 Å². The number of hydrogen-bond donors (Lipinski definition) is 1. The molecule has 1 heterocycles. The largest absolute Gasteiger partial charge is 0.356 e. The van der Waals surface area contributed by atoms with Gasteiger partial charge in [0.25, 0.3) is 0 Å². The normalized spacial score (nSPS) is 20.7. The lowest BCUT2D eigenvalue weighted by atomic mass is 9.77. The lowest BCUT2D eigenvalue weighted by Gasteiger charge is -2.37. The smallest absolute Gasteiger partial charge is 0.220 e. The van der Waals surface area contributed by atoms with Gasteiger partial charge in [-0.25, -0.2) is 0 Å². The molecule has 3 rings (SSSR count). The molecule has 0 spiro atoms. The average Bonchev–Trinajstić information content (AvgIpc) is 2.73. The molecule has 1 amide bonds. The van der Waals surface area contributed by atoms with E-state index in [2.05, 4.69) is 53.6 Å². The maximum absolute atomic E-state index is 12.2. The van der Waals surface area contributed by atoms with Crippen LogP contribution in [0.25, 0.3) is 0 Å². The maximum Gasteiger partial charge on any atom is 0.220 e. The SMILES string of the molecule is CN(C)C(c1ccccn1)C1CCC(CNC(=O)CCc2ccccc2)CC1. The quantitative estimate of drug-likeness (QED) is 0.746. The molecule has 0 aliphatic heterocycles. The van der Waals surface area contributed by atoms with Gasteiger partial charge in [-0.2, -0.15) is 0 Å². The third kappa shape index (κ3) is 5.90. The van der Waals surface area contributed by atoms with Crippen molar-refractivity contribution in [2.24, 2.45) is 11.8 Å². The van der Waals surface area contributed by atoms with Crippen LogP contribution >= 0.6 is 0 Å². The highest BCUT2D eigenvalue weighted by Crippen LogP contribution is 2.38. The minimum atomic E-state index is 0.172. The van der Waals surface area contributed by atoms with E-state index in [1.807, 2.05) is 30.5 Å². The van der Waals surface area contributed by atoms with Gasteiger partial charge in [0.2, 0.25) is 5.91 Å². The minimum Gasteiger partial charge on any atom is -0.356 e. The molecule has 28 heavy (non-hydrogen) atoms. The van der Waals surface area contributed by atoms with Crippen LogP contribution in [0.2, 0.25) is 0 Å². The molecule has 1 unspecified atom stereocenters. The third-order valence-electron chi connectivity index (χ3n) is 5.96. The molecule has 1 fully saturated rings. The van der Waals surface area contributed by atoms with Crippen molar-refractivity contribution in [3.8, 4) is 0 Å². The maximum atomic E-state index is 12.2. The van der Waals surface area contributed by atoms with Crippen LogP contribution in [-0.4, -0.2) is 36.4 Å². The number of aromatic nitrogens is 1. The highest BCUT2D eigenvalue weighted by molar-refractivity contribution is 5.76. The van der Waals surface area contributed by atoms with Crippen LogP contribution in [0.4, 0.5) is 0 Å². The summed E-state index contributed by atoms with van der Waals surface area (Å²) in [5.74, 6) is 1.41. The Balaban J connectivity index is 1.41. The van der Waals surface area contributed by atoms with Gasteiger partial charge in [-0.3, -0.25) is 9.78 Å². The van der Waals surface area contributed by atoms with E-state index in [1.165, 1.54) is 36.9 Å². The fourth-order valence-electron chi connectivity index (χ4n) is 4.44. The summed E-state index contributed by atoms with van der Waals surface area (Å²) in [5, 5.41) is 3.16. The summed E-state index contributed by atoms with van der Waals surface area (Å²) in [6, 6.07) is 16.8. The van der Waals surface area contributed by atoms with Crippen molar-refractivity contribution < 1.29 is 4.79 Å². The molecule has 4 nitrogen and oxygen atoms in total.